The molecule has 1 aliphatic rings. The first-order chi connectivity index (χ1) is 11.6. The van der Waals surface area contributed by atoms with Crippen LogP contribution < -0.4 is 10.6 Å². The van der Waals surface area contributed by atoms with Crippen LogP contribution in [-0.2, 0) is 9.53 Å². The summed E-state index contributed by atoms with van der Waals surface area (Å²) in [6, 6.07) is 10.5. The fourth-order valence-corrected chi connectivity index (χ4v) is 2.42. The number of benzene rings is 1. The molecular weight excluding hydrogens is 308 g/mol. The number of nitrogens with one attached hydrogen (secondary N) is 2. The van der Waals surface area contributed by atoms with Gasteiger partial charge in [-0.05, 0) is 44.0 Å². The molecule has 1 aliphatic heterocycles. The van der Waals surface area contributed by atoms with Crippen molar-refractivity contribution in [2.24, 2.45) is 0 Å². The van der Waals surface area contributed by atoms with Crippen LogP contribution in [-0.4, -0.2) is 34.6 Å². The zero-order valence-corrected chi connectivity index (χ0v) is 13.3. The Morgan fingerprint density at radius 3 is 2.62 bits per heavy atom. The van der Waals surface area contributed by atoms with Gasteiger partial charge in [-0.25, -0.2) is 0 Å². The maximum absolute atomic E-state index is 11.9. The van der Waals surface area contributed by atoms with Crippen molar-refractivity contribution in [3.63, 3.8) is 0 Å². The third-order valence-electron chi connectivity index (χ3n) is 3.68. The van der Waals surface area contributed by atoms with Crippen LogP contribution in [0.1, 0.15) is 30.1 Å². The van der Waals surface area contributed by atoms with Gasteiger partial charge in [0, 0.05) is 17.9 Å². The highest BCUT2D eigenvalue weighted by Gasteiger charge is 2.23. The van der Waals surface area contributed by atoms with Gasteiger partial charge in [0.15, 0.2) is 17.4 Å². The second-order valence-electron chi connectivity index (χ2n) is 5.56. The summed E-state index contributed by atoms with van der Waals surface area (Å²) in [5.74, 6) is 0.693. The summed E-state index contributed by atoms with van der Waals surface area (Å²) >= 11 is 0. The Morgan fingerprint density at radius 2 is 1.96 bits per heavy atom. The monoisotopic (exact) mass is 326 g/mol. The van der Waals surface area contributed by atoms with Crippen LogP contribution in [0.4, 0.5) is 17.3 Å². The lowest BCUT2D eigenvalue weighted by Gasteiger charge is -2.10. The van der Waals surface area contributed by atoms with Crippen molar-refractivity contribution in [3.8, 4) is 0 Å². The molecule has 0 aliphatic carbocycles. The molecule has 7 nitrogen and oxygen atoms in total. The fourth-order valence-electron chi connectivity index (χ4n) is 2.42. The van der Waals surface area contributed by atoms with Gasteiger partial charge in [-0.3, -0.25) is 9.59 Å². The Bertz CT molecular complexity index is 740. The van der Waals surface area contributed by atoms with E-state index in [-0.39, 0.29) is 11.7 Å². The summed E-state index contributed by atoms with van der Waals surface area (Å²) in [5.41, 5.74) is 1.36. The lowest BCUT2D eigenvalue weighted by atomic mass is 10.1. The average Bonchev–Trinajstić information content (AvgIpc) is 3.11. The van der Waals surface area contributed by atoms with Crippen molar-refractivity contribution >= 4 is 29.0 Å². The zero-order valence-electron chi connectivity index (χ0n) is 13.3. The Kier molecular flexibility index (Phi) is 4.81. The Morgan fingerprint density at radius 1 is 1.17 bits per heavy atom. The molecule has 0 saturated carbocycles. The van der Waals surface area contributed by atoms with E-state index in [4.69, 9.17) is 4.74 Å². The molecule has 2 N–H and O–H groups in total. The van der Waals surface area contributed by atoms with E-state index in [1.165, 1.54) is 6.92 Å². The van der Waals surface area contributed by atoms with Gasteiger partial charge in [-0.15, -0.1) is 10.2 Å². The van der Waals surface area contributed by atoms with Gasteiger partial charge in [0.05, 0.1) is 0 Å². The number of hydrogen-bond donors (Lipinski definition) is 2. The van der Waals surface area contributed by atoms with Gasteiger partial charge in [0.2, 0.25) is 0 Å². The molecular formula is C17H18N4O3. The van der Waals surface area contributed by atoms with Crippen LogP contribution in [0, 0.1) is 0 Å². The Labute approximate surface area is 139 Å². The molecule has 7 heteroatoms. The Balaban J connectivity index is 1.63. The summed E-state index contributed by atoms with van der Waals surface area (Å²) in [4.78, 5) is 23.3. The molecule has 1 unspecified atom stereocenters. The molecule has 2 heterocycles. The number of Topliss-reactive ketones (excluding diaryl/α,β-unsaturated/α-hetero) is 1. The van der Waals surface area contributed by atoms with Crippen LogP contribution in [0.25, 0.3) is 0 Å². The van der Waals surface area contributed by atoms with Gasteiger partial charge in [0.1, 0.15) is 6.10 Å². The molecule has 1 atom stereocenters. The van der Waals surface area contributed by atoms with Crippen molar-refractivity contribution in [3.05, 3.63) is 42.0 Å². The standard InChI is InChI=1S/C17H18N4O3/c1-11(22)12-4-2-5-13(10-12)18-15-7-8-16(21-20-15)19-17(23)14-6-3-9-24-14/h2,4-5,7-8,10,14H,3,6,9H2,1H3,(H,18,20)(H,19,21,23). The SMILES string of the molecule is CC(=O)c1cccc(Nc2ccc(NC(=O)C3CCCO3)nn2)c1. The van der Waals surface area contributed by atoms with Gasteiger partial charge < -0.3 is 15.4 Å². The molecule has 1 fully saturated rings. The summed E-state index contributed by atoms with van der Waals surface area (Å²) in [6.07, 6.45) is 1.22. The van der Waals surface area contributed by atoms with E-state index in [1.54, 1.807) is 30.3 Å². The van der Waals surface area contributed by atoms with Crippen LogP contribution in [0.15, 0.2) is 36.4 Å². The molecule has 1 amide bonds. The number of carbonyl (C=O) groups is 2. The molecule has 1 aromatic carbocycles. The van der Waals surface area contributed by atoms with Crippen molar-refractivity contribution < 1.29 is 14.3 Å². The zero-order chi connectivity index (χ0) is 16.9. The van der Waals surface area contributed by atoms with E-state index in [2.05, 4.69) is 20.8 Å². The minimum Gasteiger partial charge on any atom is -0.368 e. The number of rotatable bonds is 5. The molecule has 2 aromatic rings. The number of carbonyl (C=O) groups excluding carboxylic acids is 2. The first-order valence-corrected chi connectivity index (χ1v) is 7.76. The average molecular weight is 326 g/mol. The topological polar surface area (TPSA) is 93.2 Å². The van der Waals surface area contributed by atoms with Crippen LogP contribution in [0.3, 0.4) is 0 Å². The molecule has 1 aromatic heterocycles. The number of amides is 1. The highest BCUT2D eigenvalue weighted by molar-refractivity contribution is 5.95. The fraction of sp³-hybridized carbons (Fsp3) is 0.294. The maximum Gasteiger partial charge on any atom is 0.254 e. The number of anilines is 3. The predicted octanol–water partition coefficient (Wildman–Crippen LogP) is 2.54. The van der Waals surface area contributed by atoms with Crippen molar-refractivity contribution in [2.45, 2.75) is 25.9 Å². The normalized spacial score (nSPS) is 16.6. The van der Waals surface area contributed by atoms with Crippen LogP contribution >= 0.6 is 0 Å². The maximum atomic E-state index is 11.9. The first kappa shape index (κ1) is 16.1. The number of ketones is 1. The van der Waals surface area contributed by atoms with Crippen LogP contribution in [0.5, 0.6) is 0 Å². The van der Waals surface area contributed by atoms with Gasteiger partial charge in [0.25, 0.3) is 5.91 Å². The third-order valence-corrected chi connectivity index (χ3v) is 3.68. The molecule has 24 heavy (non-hydrogen) atoms. The molecule has 1 saturated heterocycles. The molecule has 0 bridgehead atoms. The van der Waals surface area contributed by atoms with E-state index in [1.807, 2.05) is 6.07 Å². The van der Waals surface area contributed by atoms with Crippen molar-refractivity contribution in [1.29, 1.82) is 0 Å². The highest BCUT2D eigenvalue weighted by atomic mass is 16.5. The second-order valence-corrected chi connectivity index (χ2v) is 5.56. The minimum atomic E-state index is -0.404. The second kappa shape index (κ2) is 7.18. The molecule has 124 valence electrons. The van der Waals surface area contributed by atoms with E-state index in [0.29, 0.717) is 23.8 Å². The number of ether oxygens (including phenoxy) is 1. The van der Waals surface area contributed by atoms with E-state index in [9.17, 15) is 9.59 Å². The van der Waals surface area contributed by atoms with Gasteiger partial charge in [-0.2, -0.15) is 0 Å². The first-order valence-electron chi connectivity index (χ1n) is 7.76. The molecule has 0 spiro atoms. The summed E-state index contributed by atoms with van der Waals surface area (Å²) in [7, 11) is 0. The predicted molar refractivity (Wildman–Crippen MR) is 89.4 cm³/mol. The highest BCUT2D eigenvalue weighted by Crippen LogP contribution is 2.18. The number of hydrogen-bond acceptors (Lipinski definition) is 6. The minimum absolute atomic E-state index is 0.00285. The summed E-state index contributed by atoms with van der Waals surface area (Å²) in [6.45, 7) is 2.14. The number of aromatic nitrogens is 2. The summed E-state index contributed by atoms with van der Waals surface area (Å²) in [5, 5.41) is 13.8. The third kappa shape index (κ3) is 3.94. The van der Waals surface area contributed by atoms with E-state index >= 15 is 0 Å². The lowest BCUT2D eigenvalue weighted by Crippen LogP contribution is -2.27. The smallest absolute Gasteiger partial charge is 0.254 e. The molecule has 3 rings (SSSR count). The summed E-state index contributed by atoms with van der Waals surface area (Å²) < 4.78 is 5.32. The largest absolute Gasteiger partial charge is 0.368 e. The van der Waals surface area contributed by atoms with Crippen molar-refractivity contribution in [2.75, 3.05) is 17.2 Å². The quantitative estimate of drug-likeness (QED) is 0.820. The lowest BCUT2D eigenvalue weighted by molar-refractivity contribution is -0.124. The van der Waals surface area contributed by atoms with Crippen LogP contribution in [0.2, 0.25) is 0 Å². The van der Waals surface area contributed by atoms with E-state index < -0.39 is 6.10 Å². The van der Waals surface area contributed by atoms with E-state index in [0.717, 1.165) is 18.5 Å². The van der Waals surface area contributed by atoms with Gasteiger partial charge >= 0.3 is 0 Å². The van der Waals surface area contributed by atoms with Gasteiger partial charge in [-0.1, -0.05) is 12.1 Å². The van der Waals surface area contributed by atoms with Crippen molar-refractivity contribution in [1.82, 2.24) is 10.2 Å². The molecule has 0 radical (unpaired) electrons. The number of nitrogens with zero attached hydrogens (tertiary/aromatic N) is 2. The Hall–Kier alpha value is -2.80.